The lowest BCUT2D eigenvalue weighted by Gasteiger charge is -2.43. The molecule has 138 valence electrons. The Morgan fingerprint density at radius 1 is 1.28 bits per heavy atom. The van der Waals surface area contributed by atoms with Gasteiger partial charge in [-0.1, -0.05) is 13.3 Å². The summed E-state index contributed by atoms with van der Waals surface area (Å²) in [5.41, 5.74) is -0.0434. The molecule has 2 heterocycles. The summed E-state index contributed by atoms with van der Waals surface area (Å²) in [5, 5.41) is 0. The van der Waals surface area contributed by atoms with Crippen LogP contribution in [-0.2, 0) is 10.0 Å². The van der Waals surface area contributed by atoms with E-state index in [2.05, 4.69) is 0 Å². The highest BCUT2D eigenvalue weighted by Gasteiger charge is 2.44. The van der Waals surface area contributed by atoms with Gasteiger partial charge in [0.15, 0.2) is 5.78 Å². The molecule has 1 fully saturated rings. The minimum atomic E-state index is -3.21. The van der Waals surface area contributed by atoms with Gasteiger partial charge >= 0.3 is 0 Å². The van der Waals surface area contributed by atoms with E-state index in [1.165, 1.54) is 0 Å². The highest BCUT2D eigenvalue weighted by atomic mass is 32.2. The van der Waals surface area contributed by atoms with E-state index >= 15 is 0 Å². The SMILES string of the molecule is CCCCS(=O)(=O)N1CCC2(CC1)CC(=O)c1cc(OC)ccc1O2. The predicted octanol–water partition coefficient (Wildman–Crippen LogP) is 2.62. The first-order chi connectivity index (χ1) is 11.9. The number of methoxy groups -OCH3 is 1. The number of hydrogen-bond donors (Lipinski definition) is 0. The van der Waals surface area contributed by atoms with Gasteiger partial charge in [-0.3, -0.25) is 4.79 Å². The Bertz CT molecular complexity index is 751. The van der Waals surface area contributed by atoms with Gasteiger partial charge in [-0.05, 0) is 24.6 Å². The number of hydrogen-bond acceptors (Lipinski definition) is 5. The van der Waals surface area contributed by atoms with Crippen molar-refractivity contribution in [3.63, 3.8) is 0 Å². The third kappa shape index (κ3) is 3.67. The molecule has 7 heteroatoms. The zero-order valence-electron chi connectivity index (χ0n) is 14.8. The topological polar surface area (TPSA) is 72.9 Å². The van der Waals surface area contributed by atoms with Crippen LogP contribution < -0.4 is 9.47 Å². The number of piperidine rings is 1. The fraction of sp³-hybridized carbons (Fsp3) is 0.611. The molecule has 0 unspecified atom stereocenters. The van der Waals surface area contributed by atoms with Crippen molar-refractivity contribution < 1.29 is 22.7 Å². The number of carbonyl (C=O) groups is 1. The van der Waals surface area contributed by atoms with E-state index in [4.69, 9.17) is 9.47 Å². The monoisotopic (exact) mass is 367 g/mol. The number of benzene rings is 1. The number of carbonyl (C=O) groups excluding carboxylic acids is 1. The van der Waals surface area contributed by atoms with Crippen molar-refractivity contribution in [2.75, 3.05) is 26.0 Å². The van der Waals surface area contributed by atoms with Gasteiger partial charge in [0.05, 0.1) is 24.8 Å². The van der Waals surface area contributed by atoms with Gasteiger partial charge < -0.3 is 9.47 Å². The maximum absolute atomic E-state index is 12.6. The maximum atomic E-state index is 12.6. The summed E-state index contributed by atoms with van der Waals surface area (Å²) in [6.07, 6.45) is 2.89. The predicted molar refractivity (Wildman–Crippen MR) is 94.8 cm³/mol. The number of rotatable bonds is 5. The molecular formula is C18H25NO5S. The Hall–Kier alpha value is -1.60. The molecule has 0 radical (unpaired) electrons. The molecule has 1 aromatic carbocycles. The fourth-order valence-corrected chi connectivity index (χ4v) is 5.16. The van der Waals surface area contributed by atoms with Crippen molar-refractivity contribution in [3.8, 4) is 11.5 Å². The second-order valence-corrected chi connectivity index (χ2v) is 8.90. The highest BCUT2D eigenvalue weighted by molar-refractivity contribution is 7.89. The number of fused-ring (bicyclic) bond motifs is 1. The Labute approximate surface area is 149 Å². The minimum absolute atomic E-state index is 0.0300. The van der Waals surface area contributed by atoms with Crippen molar-refractivity contribution in [1.29, 1.82) is 0 Å². The smallest absolute Gasteiger partial charge is 0.214 e. The third-order valence-corrected chi connectivity index (χ3v) is 7.04. The van der Waals surface area contributed by atoms with Gasteiger partial charge in [-0.25, -0.2) is 12.7 Å². The summed E-state index contributed by atoms with van der Waals surface area (Å²) in [6.45, 7) is 2.80. The van der Waals surface area contributed by atoms with E-state index < -0.39 is 15.6 Å². The van der Waals surface area contributed by atoms with Crippen LogP contribution in [0, 0.1) is 0 Å². The van der Waals surface area contributed by atoms with Crippen LogP contribution in [0.2, 0.25) is 0 Å². The molecule has 1 aromatic rings. The lowest BCUT2D eigenvalue weighted by Crippen LogP contribution is -2.52. The molecule has 0 bridgehead atoms. The summed E-state index contributed by atoms with van der Waals surface area (Å²) < 4.78 is 37.6. The van der Waals surface area contributed by atoms with Gasteiger partial charge in [0.1, 0.15) is 17.1 Å². The Morgan fingerprint density at radius 2 is 2.00 bits per heavy atom. The summed E-state index contributed by atoms with van der Waals surface area (Å²) >= 11 is 0. The molecule has 25 heavy (non-hydrogen) atoms. The lowest BCUT2D eigenvalue weighted by molar-refractivity contribution is 0.00584. The number of sulfonamides is 1. The van der Waals surface area contributed by atoms with Crippen LogP contribution in [0.4, 0.5) is 0 Å². The maximum Gasteiger partial charge on any atom is 0.214 e. The van der Waals surface area contributed by atoms with Gasteiger partial charge in [0.25, 0.3) is 0 Å². The molecule has 0 N–H and O–H groups in total. The van der Waals surface area contributed by atoms with Gasteiger partial charge in [-0.15, -0.1) is 0 Å². The molecule has 0 atom stereocenters. The molecule has 0 aliphatic carbocycles. The van der Waals surface area contributed by atoms with Crippen molar-refractivity contribution in [3.05, 3.63) is 23.8 Å². The van der Waals surface area contributed by atoms with Crippen LogP contribution in [-0.4, -0.2) is 50.1 Å². The van der Waals surface area contributed by atoms with Crippen molar-refractivity contribution in [1.82, 2.24) is 4.31 Å². The molecule has 1 spiro atoms. The number of unbranched alkanes of at least 4 members (excludes halogenated alkanes) is 1. The van der Waals surface area contributed by atoms with E-state index in [0.717, 1.165) is 6.42 Å². The molecular weight excluding hydrogens is 342 g/mol. The zero-order chi connectivity index (χ0) is 18.1. The molecule has 2 aliphatic rings. The summed E-state index contributed by atoms with van der Waals surface area (Å²) in [5.74, 6) is 1.42. The van der Waals surface area contributed by atoms with Crippen LogP contribution >= 0.6 is 0 Å². The molecule has 1 saturated heterocycles. The van der Waals surface area contributed by atoms with E-state index in [1.807, 2.05) is 6.92 Å². The van der Waals surface area contributed by atoms with Crippen molar-refractivity contribution in [2.24, 2.45) is 0 Å². The molecule has 2 aliphatic heterocycles. The first-order valence-electron chi connectivity index (χ1n) is 8.77. The largest absolute Gasteiger partial charge is 0.497 e. The minimum Gasteiger partial charge on any atom is -0.497 e. The Morgan fingerprint density at radius 3 is 2.64 bits per heavy atom. The van der Waals surface area contributed by atoms with Crippen LogP contribution in [0.1, 0.15) is 49.4 Å². The lowest BCUT2D eigenvalue weighted by atomic mass is 9.83. The average Bonchev–Trinajstić information content (AvgIpc) is 2.60. The van der Waals surface area contributed by atoms with Gasteiger partial charge in [0.2, 0.25) is 10.0 Å². The fourth-order valence-electron chi connectivity index (χ4n) is 3.51. The highest BCUT2D eigenvalue weighted by Crippen LogP contribution is 2.40. The Balaban J connectivity index is 1.72. The standard InChI is InChI=1S/C18H25NO5S/c1-3-4-11-25(21,22)19-9-7-18(8-10-19)13-16(20)15-12-14(23-2)5-6-17(15)24-18/h5-6,12H,3-4,7-11,13H2,1-2H3. The summed E-state index contributed by atoms with van der Waals surface area (Å²) in [4.78, 5) is 12.6. The third-order valence-electron chi connectivity index (χ3n) is 5.08. The van der Waals surface area contributed by atoms with Gasteiger partial charge in [-0.2, -0.15) is 0 Å². The molecule has 3 rings (SSSR count). The molecule has 0 amide bonds. The molecule has 0 aromatic heterocycles. The average molecular weight is 367 g/mol. The van der Waals surface area contributed by atoms with Crippen LogP contribution in [0.5, 0.6) is 11.5 Å². The van der Waals surface area contributed by atoms with E-state index in [-0.39, 0.29) is 18.0 Å². The number of ketones is 1. The first-order valence-corrected chi connectivity index (χ1v) is 10.4. The van der Waals surface area contributed by atoms with E-state index in [9.17, 15) is 13.2 Å². The first kappa shape index (κ1) is 18.2. The number of Topliss-reactive ketones (excluding diaryl/α,β-unsaturated/α-hetero) is 1. The quantitative estimate of drug-likeness (QED) is 0.800. The number of ether oxygens (including phenoxy) is 2. The van der Waals surface area contributed by atoms with Crippen LogP contribution in [0.15, 0.2) is 18.2 Å². The Kier molecular flexibility index (Phi) is 5.06. The van der Waals surface area contributed by atoms with Crippen LogP contribution in [0.3, 0.4) is 0 Å². The summed E-state index contributed by atoms with van der Waals surface area (Å²) in [6, 6.07) is 5.24. The van der Waals surface area contributed by atoms with Crippen molar-refractivity contribution >= 4 is 15.8 Å². The zero-order valence-corrected chi connectivity index (χ0v) is 15.6. The number of nitrogens with zero attached hydrogens (tertiary/aromatic N) is 1. The van der Waals surface area contributed by atoms with E-state index in [0.29, 0.717) is 49.4 Å². The van der Waals surface area contributed by atoms with E-state index in [1.54, 1.807) is 29.6 Å². The van der Waals surface area contributed by atoms with Gasteiger partial charge in [0, 0.05) is 25.9 Å². The van der Waals surface area contributed by atoms with Crippen LogP contribution in [0.25, 0.3) is 0 Å². The molecule has 0 saturated carbocycles. The van der Waals surface area contributed by atoms with Crippen molar-refractivity contribution in [2.45, 2.75) is 44.6 Å². The normalized spacial score (nSPS) is 20.2. The molecule has 6 nitrogen and oxygen atoms in total. The second kappa shape index (κ2) is 6.96. The summed E-state index contributed by atoms with van der Waals surface area (Å²) in [7, 11) is -1.65. The second-order valence-electron chi connectivity index (χ2n) is 6.82.